The van der Waals surface area contributed by atoms with E-state index >= 15 is 0 Å². The molecule has 0 bridgehead atoms. The van der Waals surface area contributed by atoms with E-state index in [1.807, 2.05) is 6.07 Å². The van der Waals surface area contributed by atoms with Gasteiger partial charge in [0, 0.05) is 320 Å². The van der Waals surface area contributed by atoms with Crippen molar-refractivity contribution in [2.75, 3.05) is 13.7 Å². The molecule has 5 heteroatoms. The molecule has 3 heterocycles. The second kappa shape index (κ2) is 49.9. The van der Waals surface area contributed by atoms with Crippen molar-refractivity contribution >= 4 is 10.9 Å². The number of hydrogen-bond acceptors (Lipinski definition) is 3. The number of para-hydroxylation sites is 1. The maximum Gasteiger partial charge on any atom is 0.161 e. The van der Waals surface area contributed by atoms with Crippen molar-refractivity contribution in [2.24, 2.45) is 0 Å². The van der Waals surface area contributed by atoms with Crippen LogP contribution < -0.4 is 9.47 Å². The molecular weight excluding hydrogens is 1230 g/mol. The maximum atomic E-state index is 13.9. The molecule has 6 rings (SSSR count). The Hall–Kier alpha value is -17.8. The van der Waals surface area contributed by atoms with E-state index in [0.717, 1.165) is 37.2 Å². The molecule has 1 aromatic heterocycles. The first-order valence-electron chi connectivity index (χ1n) is 28.8. The summed E-state index contributed by atoms with van der Waals surface area (Å²) in [5.74, 6) is 167. The van der Waals surface area contributed by atoms with Gasteiger partial charge in [0.2, 0.25) is 0 Å². The smallest absolute Gasteiger partial charge is 0.161 e. The maximum absolute atomic E-state index is 13.9. The van der Waals surface area contributed by atoms with Gasteiger partial charge in [-0.25, -0.2) is 4.39 Å². The number of rotatable bonds is 4. The van der Waals surface area contributed by atoms with Gasteiger partial charge < -0.3 is 14.5 Å². The van der Waals surface area contributed by atoms with Gasteiger partial charge in [0.05, 0.1) is 7.11 Å². The number of ether oxygens (including phenoxy) is 2. The molecule has 4 nitrogen and oxygen atoms in total. The van der Waals surface area contributed by atoms with Crippen LogP contribution in [-0.4, -0.2) is 23.5 Å². The molecule has 446 valence electrons. The monoisotopic (exact) mass is 1260 g/mol. The van der Waals surface area contributed by atoms with Crippen LogP contribution in [-0.2, 0) is 26.0 Å². The number of halogens is 1. The van der Waals surface area contributed by atoms with Crippen molar-refractivity contribution in [3.05, 3.63) is 93.9 Å². The van der Waals surface area contributed by atoms with E-state index in [9.17, 15) is 4.39 Å². The zero-order chi connectivity index (χ0) is 71.2. The molecule has 3 aromatic carbocycles. The molecule has 0 fully saturated rings. The van der Waals surface area contributed by atoms with E-state index < -0.39 is 0 Å². The Labute approximate surface area is 593 Å². The number of benzene rings is 3. The van der Waals surface area contributed by atoms with Crippen LogP contribution in [0, 0.1) is 403 Å². The minimum atomic E-state index is -0.206. The molecule has 0 saturated heterocycles. The van der Waals surface area contributed by atoms with Gasteiger partial charge in [0.25, 0.3) is 0 Å². The van der Waals surface area contributed by atoms with Crippen molar-refractivity contribution in [2.45, 2.75) is 52.8 Å². The molecule has 2 aliphatic heterocycles. The lowest BCUT2D eigenvalue weighted by Crippen LogP contribution is -2.39. The molecule has 0 amide bonds. The van der Waals surface area contributed by atoms with E-state index in [1.165, 1.54) is 33.3 Å². The van der Waals surface area contributed by atoms with E-state index in [0.29, 0.717) is 24.0 Å². The van der Waals surface area contributed by atoms with Crippen LogP contribution in [0.4, 0.5) is 4.39 Å². The molecule has 4 aromatic rings. The van der Waals surface area contributed by atoms with Gasteiger partial charge in [-0.2, -0.15) is 0 Å². The molecule has 1 N–H and O–H groups in total. The van der Waals surface area contributed by atoms with Crippen molar-refractivity contribution in [1.82, 2.24) is 9.88 Å². The van der Waals surface area contributed by atoms with Gasteiger partial charge >= 0.3 is 0 Å². The average Bonchev–Trinajstić information content (AvgIpc) is 1.72. The first-order valence-corrected chi connectivity index (χ1v) is 28.8. The number of aromatic amines is 1. The van der Waals surface area contributed by atoms with E-state index in [2.05, 4.69) is 437 Å². The predicted octanol–water partition coefficient (Wildman–Crippen LogP) is 7.00. The van der Waals surface area contributed by atoms with Crippen LogP contribution in [0.5, 0.6) is 11.5 Å². The summed E-state index contributed by atoms with van der Waals surface area (Å²) in [6.07, 6.45) is 1.96. The summed E-state index contributed by atoms with van der Waals surface area (Å²) in [4.78, 5) is 6.20. The van der Waals surface area contributed by atoms with Crippen molar-refractivity contribution in [3.8, 4) is 402 Å². The quantitative estimate of drug-likeness (QED) is 0.224. The highest BCUT2D eigenvalue weighted by atomic mass is 19.1. The summed E-state index contributed by atoms with van der Waals surface area (Å²) >= 11 is 0. The molecule has 2 aliphatic rings. The van der Waals surface area contributed by atoms with Crippen LogP contribution in [0.15, 0.2) is 54.6 Å². The number of fused-ring (bicyclic) bond motifs is 6. The van der Waals surface area contributed by atoms with Crippen LogP contribution >= 0.6 is 0 Å². The minimum Gasteiger partial charge on any atom is -0.493 e. The highest BCUT2D eigenvalue weighted by molar-refractivity contribution is 5.85. The number of aromatic nitrogens is 1. The highest BCUT2D eigenvalue weighted by Gasteiger charge is 2.34. The average molecular weight is 1270 g/mol. The zero-order valence-electron chi connectivity index (χ0n) is 54.0. The molecule has 1 unspecified atom stereocenters. The third-order valence-corrected chi connectivity index (χ3v) is 11.4. The van der Waals surface area contributed by atoms with Crippen molar-refractivity contribution in [3.63, 3.8) is 0 Å². The standard InChI is InChI=1S/C68H6.C28H27FN2O2/c1-3-5-7-9-11-13-15-17-19-21-23-25-27-29-31-33-35-37-39-41-43-45-47-49-51-53-55-57-59-61-63-65-67-68-66-64-62-60-58-56-54-52-50-48-46-44-42-40-38-36-34-32-30-28-26-24-22-20-18-16-14-12-10-8-6-4-2;1-17-7-8-18(11-23(17)29)16-33-28-12-19-9-10-31-15-25-22(20-5-3-4-6-24(20)30-25)13-26(31)21(19)14-27(28)32-2/h1-2H3;3-8,11-12,14,26,30H,9-10,13,15-16H2,1-2H3. The van der Waals surface area contributed by atoms with E-state index in [-0.39, 0.29) is 5.82 Å². The lowest BCUT2D eigenvalue weighted by Gasteiger charge is -2.40. The summed E-state index contributed by atoms with van der Waals surface area (Å²) in [5.41, 5.74) is 8.07. The Morgan fingerprint density at radius 2 is 0.713 bits per heavy atom. The van der Waals surface area contributed by atoms with Crippen molar-refractivity contribution < 1.29 is 13.9 Å². The Morgan fingerprint density at radius 3 is 1.02 bits per heavy atom. The molecule has 0 spiro atoms. The summed E-state index contributed by atoms with van der Waals surface area (Å²) in [7, 11) is 1.68. The fourth-order valence-corrected chi connectivity index (χ4v) is 7.43. The summed E-state index contributed by atoms with van der Waals surface area (Å²) in [5, 5.41) is 1.33. The lowest BCUT2D eigenvalue weighted by atomic mass is 9.85. The molecule has 0 aliphatic carbocycles. The number of nitrogens with one attached hydrogen (secondary N) is 1. The molecular formula is C96H33FN2O2. The summed E-state index contributed by atoms with van der Waals surface area (Å²) in [6, 6.07) is 18.4. The normalized spacial score (nSPS) is 8.35. The Balaban J connectivity index is 0.000000453. The molecule has 1 atom stereocenters. The van der Waals surface area contributed by atoms with Gasteiger partial charge in [0.15, 0.2) is 11.5 Å². The Bertz CT molecular complexity index is 6150. The summed E-state index contributed by atoms with van der Waals surface area (Å²) < 4.78 is 25.8. The van der Waals surface area contributed by atoms with Crippen LogP contribution in [0.25, 0.3) is 10.9 Å². The highest BCUT2D eigenvalue weighted by Crippen LogP contribution is 2.44. The molecule has 101 heavy (non-hydrogen) atoms. The fourth-order valence-electron chi connectivity index (χ4n) is 7.43. The van der Waals surface area contributed by atoms with Gasteiger partial charge in [0.1, 0.15) is 12.4 Å². The van der Waals surface area contributed by atoms with E-state index in [1.54, 1.807) is 40.0 Å². The topological polar surface area (TPSA) is 37.5 Å². The van der Waals surface area contributed by atoms with Crippen LogP contribution in [0.1, 0.15) is 53.4 Å². The number of aryl methyl sites for hydroxylation is 1. The Kier molecular flexibility index (Phi) is 36.5. The predicted molar refractivity (Wildman–Crippen MR) is 395 cm³/mol. The third kappa shape index (κ3) is 32.7. The second-order valence-corrected chi connectivity index (χ2v) is 17.6. The van der Waals surface area contributed by atoms with Crippen LogP contribution in [0.3, 0.4) is 0 Å². The SMILES string of the molecule is CC#CC#CC#CC#CC#CC#CC#CC#CC#CC#CC#CC#CC#CC#CC#CC#CC#CC#CC#CC#CC#CC#CC#CC#CC#CC#CC#CC#CC#CC#CC#CC#CC#CC.COc1cc2c(cc1OCc1ccc(C)c(F)c1)CCN1Cc3[nH]c4ccccc4c3CC21. The first kappa shape index (κ1) is 73.9. The molecule has 0 saturated carbocycles. The van der Waals surface area contributed by atoms with Gasteiger partial charge in [-0.15, -0.1) is 0 Å². The second-order valence-electron chi connectivity index (χ2n) is 17.6. The van der Waals surface area contributed by atoms with Gasteiger partial charge in [-0.3, -0.25) is 4.90 Å². The lowest BCUT2D eigenvalue weighted by molar-refractivity contribution is 0.158. The number of methoxy groups -OCH3 is 1. The van der Waals surface area contributed by atoms with Gasteiger partial charge in [-0.05, 0) is 180 Å². The number of H-pyrrole nitrogens is 1. The number of hydrogen-bond donors (Lipinski definition) is 1. The summed E-state index contributed by atoms with van der Waals surface area (Å²) in [6.45, 7) is 7.39. The largest absolute Gasteiger partial charge is 0.493 e. The minimum absolute atomic E-state index is 0.206. The fraction of sp³-hybridized carbons (Fsp3) is 0.104. The van der Waals surface area contributed by atoms with Crippen molar-refractivity contribution in [1.29, 1.82) is 0 Å². The van der Waals surface area contributed by atoms with E-state index in [4.69, 9.17) is 9.47 Å². The third-order valence-electron chi connectivity index (χ3n) is 11.4. The van der Waals surface area contributed by atoms with Gasteiger partial charge in [-0.1, -0.05) is 42.2 Å². The number of nitrogens with zero attached hydrogens (tertiary/aromatic N) is 1. The molecule has 0 radical (unpaired) electrons. The Morgan fingerprint density at radius 1 is 0.396 bits per heavy atom. The first-order chi connectivity index (χ1) is 50.0. The zero-order valence-corrected chi connectivity index (χ0v) is 54.0. The van der Waals surface area contributed by atoms with Crippen LogP contribution in [0.2, 0.25) is 0 Å².